The van der Waals surface area contributed by atoms with Crippen LogP contribution >= 0.6 is 0 Å². The lowest BCUT2D eigenvalue weighted by atomic mass is 10.1. The zero-order valence-corrected chi connectivity index (χ0v) is 6.86. The molecule has 0 atom stereocenters. The van der Waals surface area contributed by atoms with E-state index in [2.05, 4.69) is 10.1 Å². The second-order valence-electron chi connectivity index (χ2n) is 3.23. The monoisotopic (exact) mass is 183 g/mol. The number of carbonyl (C=O) groups excluding carboxylic acids is 1. The van der Waals surface area contributed by atoms with Crippen molar-refractivity contribution in [1.29, 1.82) is 0 Å². The van der Waals surface area contributed by atoms with E-state index in [1.54, 1.807) is 0 Å². The summed E-state index contributed by atoms with van der Waals surface area (Å²) in [6, 6.07) is 0. The van der Waals surface area contributed by atoms with Gasteiger partial charge in [-0.2, -0.15) is 4.98 Å². The van der Waals surface area contributed by atoms with Crippen LogP contribution in [-0.4, -0.2) is 27.8 Å². The maximum absolute atomic E-state index is 10.6. The van der Waals surface area contributed by atoms with Gasteiger partial charge in [0.25, 0.3) is 11.7 Å². The predicted molar refractivity (Wildman–Crippen MR) is 40.8 cm³/mol. The standard InChI is InChI=1S/C7H9N3O3/c8-4(12)5-9-6(13-10-5)7(3-11)1-2-7/h11H,1-3H2,(H2,8,12). The Morgan fingerprint density at radius 3 is 2.77 bits per heavy atom. The van der Waals surface area contributed by atoms with E-state index in [0.29, 0.717) is 5.89 Å². The lowest BCUT2D eigenvalue weighted by Crippen LogP contribution is -2.15. The Kier molecular flexibility index (Phi) is 1.59. The largest absolute Gasteiger partial charge is 0.395 e. The molecule has 1 amide bonds. The highest BCUT2D eigenvalue weighted by Crippen LogP contribution is 2.46. The number of primary amides is 1. The van der Waals surface area contributed by atoms with Crippen LogP contribution in [0, 0.1) is 0 Å². The van der Waals surface area contributed by atoms with Crippen LogP contribution in [0.1, 0.15) is 29.4 Å². The number of amides is 1. The molecule has 1 fully saturated rings. The highest BCUT2D eigenvalue weighted by molar-refractivity contribution is 5.88. The summed E-state index contributed by atoms with van der Waals surface area (Å²) in [5.41, 5.74) is 4.54. The molecule has 0 bridgehead atoms. The maximum atomic E-state index is 10.6. The van der Waals surface area contributed by atoms with E-state index in [4.69, 9.17) is 15.4 Å². The second-order valence-corrected chi connectivity index (χ2v) is 3.23. The third-order valence-corrected chi connectivity index (χ3v) is 2.26. The van der Waals surface area contributed by atoms with Crippen LogP contribution in [0.3, 0.4) is 0 Å². The summed E-state index contributed by atoms with van der Waals surface area (Å²) in [6.45, 7) is -0.0343. The number of aliphatic hydroxyl groups excluding tert-OH is 1. The average Bonchev–Trinajstić information content (AvgIpc) is 2.75. The second kappa shape index (κ2) is 2.53. The molecule has 6 nitrogen and oxygen atoms in total. The summed E-state index contributed by atoms with van der Waals surface area (Å²) in [7, 11) is 0. The van der Waals surface area contributed by atoms with Gasteiger partial charge >= 0.3 is 0 Å². The molecule has 0 saturated heterocycles. The summed E-state index contributed by atoms with van der Waals surface area (Å²) in [4.78, 5) is 14.4. The molecule has 1 aliphatic carbocycles. The molecule has 1 saturated carbocycles. The highest BCUT2D eigenvalue weighted by atomic mass is 16.5. The number of rotatable bonds is 3. The van der Waals surface area contributed by atoms with Gasteiger partial charge in [0.15, 0.2) is 0 Å². The molecule has 70 valence electrons. The molecule has 3 N–H and O–H groups in total. The fourth-order valence-corrected chi connectivity index (χ4v) is 1.13. The quantitative estimate of drug-likeness (QED) is 0.638. The number of aromatic nitrogens is 2. The molecule has 2 rings (SSSR count). The molecule has 13 heavy (non-hydrogen) atoms. The third kappa shape index (κ3) is 1.19. The van der Waals surface area contributed by atoms with Crippen molar-refractivity contribution in [3.05, 3.63) is 11.7 Å². The lowest BCUT2D eigenvalue weighted by Gasteiger charge is -2.02. The smallest absolute Gasteiger partial charge is 0.290 e. The Morgan fingerprint density at radius 2 is 2.38 bits per heavy atom. The van der Waals surface area contributed by atoms with Gasteiger partial charge in [-0.25, -0.2) is 0 Å². The minimum absolute atomic E-state index is 0.0343. The Morgan fingerprint density at radius 1 is 1.69 bits per heavy atom. The molecule has 1 aromatic rings. The predicted octanol–water partition coefficient (Wildman–Crippen LogP) is -0.808. The van der Waals surface area contributed by atoms with E-state index in [1.165, 1.54) is 0 Å². The van der Waals surface area contributed by atoms with E-state index in [1.807, 2.05) is 0 Å². The minimum Gasteiger partial charge on any atom is -0.395 e. The number of hydrogen-bond donors (Lipinski definition) is 2. The molecule has 6 heteroatoms. The zero-order chi connectivity index (χ0) is 9.47. The van der Waals surface area contributed by atoms with E-state index in [-0.39, 0.29) is 12.4 Å². The van der Waals surface area contributed by atoms with Gasteiger partial charge in [-0.1, -0.05) is 5.16 Å². The van der Waals surface area contributed by atoms with Gasteiger partial charge in [0.1, 0.15) is 0 Å². The molecule has 1 aliphatic rings. The summed E-state index contributed by atoms with van der Waals surface area (Å²) >= 11 is 0. The van der Waals surface area contributed by atoms with Crippen LogP contribution in [0.15, 0.2) is 4.52 Å². The van der Waals surface area contributed by atoms with Crippen molar-refractivity contribution in [3.8, 4) is 0 Å². The lowest BCUT2D eigenvalue weighted by molar-refractivity contribution is 0.0987. The fraction of sp³-hybridized carbons (Fsp3) is 0.571. The first-order valence-corrected chi connectivity index (χ1v) is 3.93. The average molecular weight is 183 g/mol. The van der Waals surface area contributed by atoms with E-state index in [0.717, 1.165) is 12.8 Å². The van der Waals surface area contributed by atoms with Crippen molar-refractivity contribution in [2.75, 3.05) is 6.61 Å². The van der Waals surface area contributed by atoms with E-state index in [9.17, 15) is 4.79 Å². The number of hydrogen-bond acceptors (Lipinski definition) is 5. The first-order chi connectivity index (χ1) is 6.18. The first-order valence-electron chi connectivity index (χ1n) is 3.93. The number of nitrogens with zero attached hydrogens (tertiary/aromatic N) is 2. The fourth-order valence-electron chi connectivity index (χ4n) is 1.13. The minimum atomic E-state index is -0.719. The Balaban J connectivity index is 2.28. The Bertz CT molecular complexity index is 343. The molecule has 0 spiro atoms. The number of aliphatic hydroxyl groups is 1. The first kappa shape index (κ1) is 8.18. The van der Waals surface area contributed by atoms with Gasteiger partial charge in [0.05, 0.1) is 12.0 Å². The van der Waals surface area contributed by atoms with Crippen LogP contribution in [0.25, 0.3) is 0 Å². The number of carbonyl (C=O) groups is 1. The molecule has 0 aliphatic heterocycles. The van der Waals surface area contributed by atoms with Gasteiger partial charge in [0.2, 0.25) is 5.89 Å². The zero-order valence-electron chi connectivity index (χ0n) is 6.86. The highest BCUT2D eigenvalue weighted by Gasteiger charge is 2.49. The molecule has 0 radical (unpaired) electrons. The van der Waals surface area contributed by atoms with E-state index >= 15 is 0 Å². The van der Waals surface area contributed by atoms with Crippen molar-refractivity contribution in [2.45, 2.75) is 18.3 Å². The van der Waals surface area contributed by atoms with Crippen LogP contribution in [0.2, 0.25) is 0 Å². The molecular weight excluding hydrogens is 174 g/mol. The molecular formula is C7H9N3O3. The van der Waals surface area contributed by atoms with Gasteiger partial charge < -0.3 is 15.4 Å². The Labute approximate surface area is 73.7 Å². The molecule has 1 aromatic heterocycles. The van der Waals surface area contributed by atoms with Crippen molar-refractivity contribution >= 4 is 5.91 Å². The summed E-state index contributed by atoms with van der Waals surface area (Å²) in [6.07, 6.45) is 1.62. The van der Waals surface area contributed by atoms with Gasteiger partial charge in [-0.3, -0.25) is 4.79 Å². The van der Waals surface area contributed by atoms with Gasteiger partial charge in [0, 0.05) is 0 Å². The van der Waals surface area contributed by atoms with Crippen molar-refractivity contribution < 1.29 is 14.4 Å². The van der Waals surface area contributed by atoms with Crippen molar-refractivity contribution in [1.82, 2.24) is 10.1 Å². The summed E-state index contributed by atoms with van der Waals surface area (Å²) < 4.78 is 4.82. The van der Waals surface area contributed by atoms with Crippen LogP contribution in [0.4, 0.5) is 0 Å². The van der Waals surface area contributed by atoms with Crippen molar-refractivity contribution in [2.24, 2.45) is 5.73 Å². The van der Waals surface area contributed by atoms with Crippen LogP contribution in [-0.2, 0) is 5.41 Å². The topological polar surface area (TPSA) is 102 Å². The van der Waals surface area contributed by atoms with Crippen molar-refractivity contribution in [3.63, 3.8) is 0 Å². The van der Waals surface area contributed by atoms with Gasteiger partial charge in [-0.15, -0.1) is 0 Å². The molecule has 1 heterocycles. The third-order valence-electron chi connectivity index (χ3n) is 2.26. The summed E-state index contributed by atoms with van der Waals surface area (Å²) in [5, 5.41) is 12.4. The molecule has 0 unspecified atom stereocenters. The maximum Gasteiger partial charge on any atom is 0.290 e. The van der Waals surface area contributed by atoms with E-state index < -0.39 is 11.3 Å². The number of nitrogens with two attached hydrogens (primary N) is 1. The van der Waals surface area contributed by atoms with Crippen LogP contribution in [0.5, 0.6) is 0 Å². The SMILES string of the molecule is NC(=O)c1noc(C2(CO)CC2)n1. The van der Waals surface area contributed by atoms with Crippen LogP contribution < -0.4 is 5.73 Å². The summed E-state index contributed by atoms with van der Waals surface area (Å²) in [5.74, 6) is -0.540. The normalized spacial score (nSPS) is 18.5. The Hall–Kier alpha value is -1.43. The van der Waals surface area contributed by atoms with Gasteiger partial charge in [-0.05, 0) is 12.8 Å². The molecule has 0 aromatic carbocycles.